The fraction of sp³-hybridized carbons (Fsp3) is 0.400. The van der Waals surface area contributed by atoms with Crippen LogP contribution in [0, 0.1) is 39.0 Å². The van der Waals surface area contributed by atoms with Gasteiger partial charge in [0.15, 0.2) is 0 Å². The monoisotopic (exact) mass is 270 g/mol. The van der Waals surface area contributed by atoms with Crippen LogP contribution in [-0.2, 0) is 0 Å². The quantitative estimate of drug-likeness (QED) is 0.925. The Labute approximate surface area is 118 Å². The van der Waals surface area contributed by atoms with Crippen molar-refractivity contribution in [2.45, 2.75) is 40.7 Å². The summed E-state index contributed by atoms with van der Waals surface area (Å²) in [5.41, 5.74) is 4.89. The van der Waals surface area contributed by atoms with Crippen LogP contribution in [0.5, 0.6) is 0 Å². The molecule has 104 valence electrons. The van der Waals surface area contributed by atoms with E-state index in [-0.39, 0.29) is 6.04 Å². The van der Waals surface area contributed by atoms with Crippen LogP contribution in [0.25, 0.3) is 0 Å². The number of pyridine rings is 1. The topological polar surface area (TPSA) is 74.7 Å². The first-order valence-electron chi connectivity index (χ1n) is 6.51. The molecule has 1 unspecified atom stereocenters. The molecule has 0 spiro atoms. The Balaban J connectivity index is 2.38. The number of aryl methyl sites for hydroxylation is 4. The molecule has 0 bridgehead atoms. The number of nitrogens with one attached hydrogen (secondary N) is 1. The van der Waals surface area contributed by atoms with Gasteiger partial charge in [-0.15, -0.1) is 0 Å². The summed E-state index contributed by atoms with van der Waals surface area (Å²) in [4.78, 5) is 4.32. The minimum Gasteiger partial charge on any atom is -0.377 e. The van der Waals surface area contributed by atoms with E-state index >= 15 is 0 Å². The standard InChI is InChI=1S/C15H18N4O/c1-8-6-14(13(7-16)9(2)17-8)18-10(3)15-11(4)19-20-12(15)5/h6,10H,1-5H3,(H,17,18). The lowest BCUT2D eigenvalue weighted by Gasteiger charge is -2.17. The third-order valence-electron chi connectivity index (χ3n) is 3.33. The lowest BCUT2D eigenvalue weighted by atomic mass is 10.1. The van der Waals surface area contributed by atoms with E-state index in [1.807, 2.05) is 40.7 Å². The Kier molecular flexibility index (Phi) is 3.75. The molecule has 0 saturated heterocycles. The Morgan fingerprint density at radius 2 is 1.95 bits per heavy atom. The van der Waals surface area contributed by atoms with Gasteiger partial charge in [0.05, 0.1) is 28.7 Å². The number of aromatic nitrogens is 2. The molecule has 2 aromatic heterocycles. The zero-order valence-electron chi connectivity index (χ0n) is 12.4. The van der Waals surface area contributed by atoms with Gasteiger partial charge in [0.25, 0.3) is 0 Å². The van der Waals surface area contributed by atoms with Crippen molar-refractivity contribution >= 4 is 5.69 Å². The summed E-state index contributed by atoms with van der Waals surface area (Å²) in [7, 11) is 0. The second-order valence-electron chi connectivity index (χ2n) is 4.99. The van der Waals surface area contributed by atoms with Crippen molar-refractivity contribution in [1.29, 1.82) is 5.26 Å². The van der Waals surface area contributed by atoms with E-state index in [4.69, 9.17) is 4.52 Å². The highest BCUT2D eigenvalue weighted by molar-refractivity contribution is 5.60. The van der Waals surface area contributed by atoms with Crippen LogP contribution in [0.1, 0.15) is 46.9 Å². The van der Waals surface area contributed by atoms with Crippen LogP contribution in [-0.4, -0.2) is 10.1 Å². The molecule has 5 nitrogen and oxygen atoms in total. The molecule has 1 atom stereocenters. The van der Waals surface area contributed by atoms with Crippen molar-refractivity contribution in [3.8, 4) is 6.07 Å². The van der Waals surface area contributed by atoms with Gasteiger partial charge >= 0.3 is 0 Å². The van der Waals surface area contributed by atoms with Gasteiger partial charge < -0.3 is 9.84 Å². The van der Waals surface area contributed by atoms with E-state index < -0.39 is 0 Å². The Hall–Kier alpha value is -2.35. The maximum absolute atomic E-state index is 9.28. The van der Waals surface area contributed by atoms with Crippen LogP contribution in [0.4, 0.5) is 5.69 Å². The van der Waals surface area contributed by atoms with Gasteiger partial charge in [-0.05, 0) is 40.7 Å². The summed E-state index contributed by atoms with van der Waals surface area (Å²) in [6.45, 7) is 9.59. The van der Waals surface area contributed by atoms with E-state index in [9.17, 15) is 5.26 Å². The molecule has 0 aliphatic heterocycles. The smallest absolute Gasteiger partial charge is 0.139 e. The van der Waals surface area contributed by atoms with Gasteiger partial charge in [-0.2, -0.15) is 5.26 Å². The fourth-order valence-corrected chi connectivity index (χ4v) is 2.50. The Morgan fingerprint density at radius 1 is 1.25 bits per heavy atom. The SMILES string of the molecule is Cc1cc(NC(C)c2c(C)noc2C)c(C#N)c(C)n1. The number of anilines is 1. The molecule has 0 fully saturated rings. The second kappa shape index (κ2) is 5.33. The number of nitrogens with zero attached hydrogens (tertiary/aromatic N) is 3. The summed E-state index contributed by atoms with van der Waals surface area (Å²) < 4.78 is 5.19. The molecule has 2 rings (SSSR count). The number of hydrogen-bond acceptors (Lipinski definition) is 5. The predicted octanol–water partition coefficient (Wildman–Crippen LogP) is 3.35. The molecule has 0 aromatic carbocycles. The zero-order valence-corrected chi connectivity index (χ0v) is 12.4. The lowest BCUT2D eigenvalue weighted by Crippen LogP contribution is -2.11. The van der Waals surface area contributed by atoms with Crippen molar-refractivity contribution in [2.75, 3.05) is 5.32 Å². The molecule has 5 heteroatoms. The summed E-state index contributed by atoms with van der Waals surface area (Å²) in [6, 6.07) is 4.10. The normalized spacial score (nSPS) is 12.0. The largest absolute Gasteiger partial charge is 0.377 e. The van der Waals surface area contributed by atoms with Crippen molar-refractivity contribution < 1.29 is 4.52 Å². The first kappa shape index (κ1) is 14.1. The van der Waals surface area contributed by atoms with Crippen molar-refractivity contribution in [1.82, 2.24) is 10.1 Å². The van der Waals surface area contributed by atoms with Crippen LogP contribution in [0.2, 0.25) is 0 Å². The van der Waals surface area contributed by atoms with Crippen molar-refractivity contribution in [2.24, 2.45) is 0 Å². The molecule has 0 saturated carbocycles. The van der Waals surface area contributed by atoms with Crippen molar-refractivity contribution in [3.63, 3.8) is 0 Å². The van der Waals surface area contributed by atoms with Crippen molar-refractivity contribution in [3.05, 3.63) is 40.0 Å². The van der Waals surface area contributed by atoms with E-state index in [2.05, 4.69) is 21.5 Å². The summed E-state index contributed by atoms with van der Waals surface area (Å²) in [5.74, 6) is 0.795. The second-order valence-corrected chi connectivity index (χ2v) is 4.99. The third-order valence-corrected chi connectivity index (χ3v) is 3.33. The zero-order chi connectivity index (χ0) is 14.9. The first-order valence-corrected chi connectivity index (χ1v) is 6.51. The van der Waals surface area contributed by atoms with E-state index in [1.165, 1.54) is 0 Å². The molecule has 0 aliphatic carbocycles. The van der Waals surface area contributed by atoms with Gasteiger partial charge in [-0.3, -0.25) is 4.98 Å². The van der Waals surface area contributed by atoms with E-state index in [0.29, 0.717) is 5.56 Å². The fourth-order valence-electron chi connectivity index (χ4n) is 2.50. The maximum Gasteiger partial charge on any atom is 0.139 e. The summed E-state index contributed by atoms with van der Waals surface area (Å²) in [5, 5.41) is 16.6. The predicted molar refractivity (Wildman–Crippen MR) is 76.4 cm³/mol. The number of nitriles is 1. The Bertz CT molecular complexity index is 662. The molecule has 0 radical (unpaired) electrons. The molecule has 2 aromatic rings. The lowest BCUT2D eigenvalue weighted by molar-refractivity contribution is 0.392. The number of rotatable bonds is 3. The van der Waals surface area contributed by atoms with Crippen LogP contribution < -0.4 is 5.32 Å². The highest BCUT2D eigenvalue weighted by Gasteiger charge is 2.18. The Morgan fingerprint density at radius 3 is 2.50 bits per heavy atom. The molecule has 0 amide bonds. The summed E-state index contributed by atoms with van der Waals surface area (Å²) >= 11 is 0. The summed E-state index contributed by atoms with van der Waals surface area (Å²) in [6.07, 6.45) is 0. The maximum atomic E-state index is 9.28. The van der Waals surface area contributed by atoms with Gasteiger partial charge in [0.2, 0.25) is 0 Å². The molecule has 20 heavy (non-hydrogen) atoms. The van der Waals surface area contributed by atoms with Gasteiger partial charge in [-0.1, -0.05) is 5.16 Å². The molecule has 0 aliphatic rings. The van der Waals surface area contributed by atoms with E-state index in [1.54, 1.807) is 0 Å². The molecule has 1 N–H and O–H groups in total. The minimum atomic E-state index is 0.00884. The van der Waals surface area contributed by atoms with Crippen LogP contribution in [0.15, 0.2) is 10.6 Å². The molecular formula is C15H18N4O. The third kappa shape index (κ3) is 2.50. The first-order chi connectivity index (χ1) is 9.43. The minimum absolute atomic E-state index is 0.00884. The van der Waals surface area contributed by atoms with Gasteiger partial charge in [0, 0.05) is 11.3 Å². The molecular weight excluding hydrogens is 252 g/mol. The van der Waals surface area contributed by atoms with Crippen LogP contribution in [0.3, 0.4) is 0 Å². The van der Waals surface area contributed by atoms with E-state index in [0.717, 1.165) is 34.1 Å². The molecule has 2 heterocycles. The average molecular weight is 270 g/mol. The van der Waals surface area contributed by atoms with Crippen LogP contribution >= 0.6 is 0 Å². The number of hydrogen-bond donors (Lipinski definition) is 1. The van der Waals surface area contributed by atoms with Gasteiger partial charge in [0.1, 0.15) is 11.8 Å². The van der Waals surface area contributed by atoms with Gasteiger partial charge in [-0.25, -0.2) is 0 Å². The average Bonchev–Trinajstić information content (AvgIpc) is 2.68. The highest BCUT2D eigenvalue weighted by atomic mass is 16.5. The highest BCUT2D eigenvalue weighted by Crippen LogP contribution is 2.27.